The number of carbonyl (C=O) groups excluding carboxylic acids is 2. The van der Waals surface area contributed by atoms with Crippen LogP contribution in [0.2, 0.25) is 0 Å². The number of fused-ring (bicyclic) bond motifs is 1. The van der Waals surface area contributed by atoms with Gasteiger partial charge >= 0.3 is 0 Å². The fourth-order valence-corrected chi connectivity index (χ4v) is 5.35. The normalized spacial score (nSPS) is 18.1. The second-order valence-corrected chi connectivity index (χ2v) is 8.79. The second kappa shape index (κ2) is 7.50. The summed E-state index contributed by atoms with van der Waals surface area (Å²) >= 11 is 8.58. The van der Waals surface area contributed by atoms with Crippen molar-refractivity contribution in [1.29, 1.82) is 0 Å². The Hall–Kier alpha value is -0.980. The monoisotopic (exact) mass is 469 g/mol. The van der Waals surface area contributed by atoms with Gasteiger partial charge in [-0.15, -0.1) is 11.3 Å². The summed E-state index contributed by atoms with van der Waals surface area (Å²) in [4.78, 5) is 26.0. The molecule has 0 fully saturated rings. The Morgan fingerprint density at radius 3 is 2.92 bits per heavy atom. The number of Topliss-reactive ketones (excluding diaryl/α,β-unsaturated/α-hetero) is 1. The van der Waals surface area contributed by atoms with Crippen LogP contribution in [0.1, 0.15) is 46.6 Å². The van der Waals surface area contributed by atoms with Crippen LogP contribution in [0.3, 0.4) is 0 Å². The fraction of sp³-hybridized carbons (Fsp3) is 0.333. The summed E-state index contributed by atoms with van der Waals surface area (Å²) < 4.78 is 1.93. The smallest absolute Gasteiger partial charge is 0.221 e. The van der Waals surface area contributed by atoms with Crippen LogP contribution in [-0.4, -0.2) is 11.7 Å². The molecule has 1 N–H and O–H groups in total. The van der Waals surface area contributed by atoms with Gasteiger partial charge < -0.3 is 5.32 Å². The minimum Gasteiger partial charge on any atom is -0.350 e. The van der Waals surface area contributed by atoms with E-state index in [-0.39, 0.29) is 30.1 Å². The highest BCUT2D eigenvalue weighted by molar-refractivity contribution is 9.11. The molecule has 1 aliphatic carbocycles. The van der Waals surface area contributed by atoms with Crippen molar-refractivity contribution in [1.82, 2.24) is 5.32 Å². The number of amides is 1. The number of hydrogen-bond acceptors (Lipinski definition) is 3. The van der Waals surface area contributed by atoms with Crippen molar-refractivity contribution in [3.8, 4) is 0 Å². The van der Waals surface area contributed by atoms with E-state index < -0.39 is 0 Å². The molecule has 3 nitrogen and oxygen atoms in total. The molecule has 0 bridgehead atoms. The molecule has 2 atom stereocenters. The largest absolute Gasteiger partial charge is 0.350 e. The van der Waals surface area contributed by atoms with Crippen LogP contribution < -0.4 is 5.32 Å². The quantitative estimate of drug-likeness (QED) is 0.660. The van der Waals surface area contributed by atoms with Crippen molar-refractivity contribution in [2.24, 2.45) is 5.92 Å². The van der Waals surface area contributed by atoms with E-state index in [2.05, 4.69) is 37.2 Å². The summed E-state index contributed by atoms with van der Waals surface area (Å²) in [6, 6.07) is 7.65. The number of aryl methyl sites for hydroxylation is 1. The van der Waals surface area contributed by atoms with Crippen molar-refractivity contribution in [3.05, 3.63) is 54.6 Å². The van der Waals surface area contributed by atoms with Crippen LogP contribution in [0.15, 0.2) is 38.6 Å². The number of rotatable bonds is 4. The molecule has 6 heteroatoms. The Bertz CT molecular complexity index is 787. The van der Waals surface area contributed by atoms with Gasteiger partial charge in [-0.3, -0.25) is 9.59 Å². The Balaban J connectivity index is 1.63. The molecule has 3 rings (SSSR count). The molecule has 24 heavy (non-hydrogen) atoms. The first-order chi connectivity index (χ1) is 11.5. The maximum Gasteiger partial charge on any atom is 0.221 e. The van der Waals surface area contributed by atoms with Crippen molar-refractivity contribution >= 4 is 54.9 Å². The maximum absolute atomic E-state index is 12.5. The third kappa shape index (κ3) is 3.81. The number of nitrogens with one attached hydrogen (secondary N) is 1. The number of thiophene rings is 1. The van der Waals surface area contributed by atoms with Crippen LogP contribution in [0.25, 0.3) is 0 Å². The molecule has 1 aliphatic rings. The van der Waals surface area contributed by atoms with E-state index in [9.17, 15) is 9.59 Å². The first-order valence-corrected chi connectivity index (χ1v) is 10.3. The molecule has 2 unspecified atom stereocenters. The average Bonchev–Trinajstić information content (AvgIpc) is 2.99. The van der Waals surface area contributed by atoms with Gasteiger partial charge in [-0.05, 0) is 48.9 Å². The Morgan fingerprint density at radius 1 is 1.38 bits per heavy atom. The van der Waals surface area contributed by atoms with Gasteiger partial charge in [0.15, 0.2) is 5.78 Å². The molecule has 0 saturated carbocycles. The number of benzene rings is 1. The lowest BCUT2D eigenvalue weighted by molar-refractivity contribution is -0.122. The fourth-order valence-electron chi connectivity index (χ4n) is 3.06. The van der Waals surface area contributed by atoms with Gasteiger partial charge in [0.25, 0.3) is 0 Å². The van der Waals surface area contributed by atoms with Gasteiger partial charge in [0.05, 0.1) is 6.04 Å². The zero-order valence-corrected chi connectivity index (χ0v) is 17.1. The molecule has 0 aliphatic heterocycles. The Morgan fingerprint density at radius 2 is 2.17 bits per heavy atom. The van der Waals surface area contributed by atoms with Crippen LogP contribution in [0.4, 0.5) is 0 Å². The Labute approximate surface area is 162 Å². The summed E-state index contributed by atoms with van der Waals surface area (Å²) in [6.07, 6.45) is 1.91. The highest BCUT2D eigenvalue weighted by atomic mass is 79.9. The van der Waals surface area contributed by atoms with Gasteiger partial charge in [0.1, 0.15) is 0 Å². The predicted octanol–water partition coefficient (Wildman–Crippen LogP) is 5.29. The van der Waals surface area contributed by atoms with Gasteiger partial charge in [0, 0.05) is 31.7 Å². The van der Waals surface area contributed by atoms with Crippen LogP contribution in [-0.2, 0) is 11.2 Å². The number of hydrogen-bond donors (Lipinski definition) is 1. The van der Waals surface area contributed by atoms with E-state index in [0.29, 0.717) is 0 Å². The third-order valence-corrected chi connectivity index (χ3v) is 6.50. The van der Waals surface area contributed by atoms with Crippen molar-refractivity contribution in [2.75, 3.05) is 0 Å². The third-order valence-electron chi connectivity index (χ3n) is 4.34. The van der Waals surface area contributed by atoms with Crippen molar-refractivity contribution < 1.29 is 9.59 Å². The zero-order valence-electron chi connectivity index (χ0n) is 13.1. The average molecular weight is 471 g/mol. The second-order valence-electron chi connectivity index (χ2n) is 6.02. The van der Waals surface area contributed by atoms with Crippen LogP contribution >= 0.6 is 43.2 Å². The number of carbonyl (C=O) groups is 2. The van der Waals surface area contributed by atoms with Gasteiger partial charge in [-0.2, -0.15) is 0 Å². The molecule has 1 aromatic carbocycles. The first-order valence-electron chi connectivity index (χ1n) is 7.80. The molecular weight excluding hydrogens is 454 g/mol. The molecule has 2 aromatic rings. The molecule has 0 radical (unpaired) electrons. The van der Waals surface area contributed by atoms with E-state index >= 15 is 0 Å². The lowest BCUT2D eigenvalue weighted by atomic mass is 9.85. The zero-order chi connectivity index (χ0) is 17.3. The van der Waals surface area contributed by atoms with Gasteiger partial charge in [-0.25, -0.2) is 0 Å². The van der Waals surface area contributed by atoms with Gasteiger partial charge in [0.2, 0.25) is 5.91 Å². The topological polar surface area (TPSA) is 46.2 Å². The summed E-state index contributed by atoms with van der Waals surface area (Å²) in [7, 11) is 0. The predicted molar refractivity (Wildman–Crippen MR) is 103 cm³/mol. The molecule has 126 valence electrons. The maximum atomic E-state index is 12.5. The van der Waals surface area contributed by atoms with E-state index in [0.717, 1.165) is 37.8 Å². The lowest BCUT2D eigenvalue weighted by Crippen LogP contribution is -2.32. The Kier molecular flexibility index (Phi) is 5.57. The van der Waals surface area contributed by atoms with E-state index in [1.165, 1.54) is 0 Å². The standard InChI is InChI=1S/C18H17Br2NO2S/c1-10(13-4-3-12(19)9-15(13)20)21-17(22)8-11-2-5-16-14(18(11)23)6-7-24-16/h3-4,6-7,9-11H,2,5,8H2,1H3,(H,21,22). The highest BCUT2D eigenvalue weighted by Gasteiger charge is 2.30. The van der Waals surface area contributed by atoms with Gasteiger partial charge in [-0.1, -0.05) is 37.9 Å². The summed E-state index contributed by atoms with van der Waals surface area (Å²) in [5.74, 6) is -0.160. The number of ketones is 1. The van der Waals surface area contributed by atoms with E-state index in [4.69, 9.17) is 0 Å². The summed E-state index contributed by atoms with van der Waals surface area (Å²) in [6.45, 7) is 1.95. The molecule has 1 aromatic heterocycles. The van der Waals surface area contributed by atoms with Crippen molar-refractivity contribution in [2.45, 2.75) is 32.2 Å². The number of halogens is 2. The van der Waals surface area contributed by atoms with E-state index in [1.807, 2.05) is 36.6 Å². The minimum atomic E-state index is -0.201. The summed E-state index contributed by atoms with van der Waals surface area (Å²) in [5, 5.41) is 4.96. The van der Waals surface area contributed by atoms with Crippen LogP contribution in [0, 0.1) is 5.92 Å². The molecule has 1 heterocycles. The molecule has 0 saturated heterocycles. The SMILES string of the molecule is CC(NC(=O)CC1CCc2sccc2C1=O)c1ccc(Br)cc1Br. The first kappa shape index (κ1) is 17.8. The van der Waals surface area contributed by atoms with Crippen LogP contribution in [0.5, 0.6) is 0 Å². The molecular formula is C18H17Br2NO2S. The summed E-state index contributed by atoms with van der Waals surface area (Å²) in [5.41, 5.74) is 1.83. The minimum absolute atomic E-state index is 0.0747. The van der Waals surface area contributed by atoms with Crippen molar-refractivity contribution in [3.63, 3.8) is 0 Å². The molecule has 1 amide bonds. The highest BCUT2D eigenvalue weighted by Crippen LogP contribution is 2.31. The lowest BCUT2D eigenvalue weighted by Gasteiger charge is -2.22. The molecule has 0 spiro atoms. The van der Waals surface area contributed by atoms with E-state index in [1.54, 1.807) is 11.3 Å².